The molecule has 0 amide bonds. The topological polar surface area (TPSA) is 56.8 Å². The zero-order valence-corrected chi connectivity index (χ0v) is 13.6. The molecule has 0 fully saturated rings. The maximum absolute atomic E-state index is 6.14. The van der Waals surface area contributed by atoms with Gasteiger partial charge in [-0.1, -0.05) is 12.1 Å². The van der Waals surface area contributed by atoms with Crippen LogP contribution in [0.4, 0.5) is 0 Å². The molecular weight excluding hydrogens is 296 g/mol. The molecule has 1 heterocycles. The fourth-order valence-electron chi connectivity index (χ4n) is 1.97. The molecule has 0 aliphatic carbocycles. The van der Waals surface area contributed by atoms with Crippen molar-refractivity contribution in [3.63, 3.8) is 0 Å². The highest BCUT2D eigenvalue weighted by atomic mass is 32.1. The third-order valence-electron chi connectivity index (χ3n) is 3.14. The van der Waals surface area contributed by atoms with Gasteiger partial charge >= 0.3 is 0 Å². The summed E-state index contributed by atoms with van der Waals surface area (Å²) < 4.78 is 11.0. The van der Waals surface area contributed by atoms with Gasteiger partial charge in [-0.05, 0) is 34.5 Å². The van der Waals surface area contributed by atoms with Gasteiger partial charge in [0.05, 0.1) is 13.7 Å². The molecule has 0 saturated carbocycles. The number of methoxy groups -OCH3 is 1. The van der Waals surface area contributed by atoms with Crippen LogP contribution in [0.15, 0.2) is 52.2 Å². The van der Waals surface area contributed by atoms with E-state index in [0.717, 1.165) is 17.7 Å². The van der Waals surface area contributed by atoms with E-state index in [1.165, 1.54) is 5.56 Å². The summed E-state index contributed by atoms with van der Waals surface area (Å²) in [5.74, 6) is 1.24. The molecule has 0 atom stereocenters. The van der Waals surface area contributed by atoms with Crippen molar-refractivity contribution >= 4 is 22.9 Å². The Kier molecular flexibility index (Phi) is 6.03. The van der Waals surface area contributed by atoms with Gasteiger partial charge in [-0.3, -0.25) is 4.99 Å². The van der Waals surface area contributed by atoms with E-state index < -0.39 is 0 Å². The molecule has 2 N–H and O–H groups in total. The molecule has 0 unspecified atom stereocenters. The summed E-state index contributed by atoms with van der Waals surface area (Å²) in [5.41, 5.74) is 8.79. The Balaban J connectivity index is 2.01. The molecule has 0 aliphatic rings. The Hall–Kier alpha value is -2.27. The smallest absolute Gasteiger partial charge is 0.210 e. The number of hydrogen-bond acceptors (Lipinski definition) is 5. The Morgan fingerprint density at radius 2 is 2.14 bits per heavy atom. The van der Waals surface area contributed by atoms with Crippen molar-refractivity contribution in [3.8, 4) is 5.75 Å². The van der Waals surface area contributed by atoms with Gasteiger partial charge in [0, 0.05) is 30.8 Å². The molecule has 4 nitrogen and oxygen atoms in total. The number of benzene rings is 1. The zero-order valence-electron chi connectivity index (χ0n) is 12.8. The van der Waals surface area contributed by atoms with Crippen molar-refractivity contribution in [2.24, 2.45) is 10.7 Å². The van der Waals surface area contributed by atoms with E-state index in [1.807, 2.05) is 24.3 Å². The van der Waals surface area contributed by atoms with Crippen LogP contribution in [-0.2, 0) is 11.2 Å². The third kappa shape index (κ3) is 4.36. The van der Waals surface area contributed by atoms with Crippen molar-refractivity contribution in [1.29, 1.82) is 0 Å². The fourth-order valence-corrected chi connectivity index (χ4v) is 2.68. The van der Waals surface area contributed by atoms with Crippen LogP contribution in [-0.4, -0.2) is 26.7 Å². The lowest BCUT2D eigenvalue weighted by Gasteiger charge is -2.10. The molecule has 0 bridgehead atoms. The average Bonchev–Trinajstić information content (AvgIpc) is 3.07. The highest BCUT2D eigenvalue weighted by molar-refractivity contribution is 7.07. The molecule has 0 aliphatic heterocycles. The first-order valence-electron chi connectivity index (χ1n) is 6.96. The second-order valence-electron chi connectivity index (χ2n) is 4.59. The minimum atomic E-state index is 0.513. The second kappa shape index (κ2) is 8.24. The molecule has 0 saturated heterocycles. The Morgan fingerprint density at radius 3 is 2.82 bits per heavy atom. The highest BCUT2D eigenvalue weighted by Crippen LogP contribution is 2.22. The minimum absolute atomic E-state index is 0.513. The first-order chi connectivity index (χ1) is 10.7. The number of ether oxygens (including phenoxy) is 2. The predicted octanol–water partition coefficient (Wildman–Crippen LogP) is 3.34. The van der Waals surface area contributed by atoms with E-state index in [-0.39, 0.29) is 0 Å². The van der Waals surface area contributed by atoms with Gasteiger partial charge in [-0.2, -0.15) is 11.3 Å². The SMILES string of the molecule is CN=C(/C=C(\N)c1ccccc1OC)OCCc1ccsc1. The predicted molar refractivity (Wildman–Crippen MR) is 92.5 cm³/mol. The molecule has 1 aromatic carbocycles. The summed E-state index contributed by atoms with van der Waals surface area (Å²) >= 11 is 1.68. The van der Waals surface area contributed by atoms with Crippen molar-refractivity contribution in [2.75, 3.05) is 20.8 Å². The molecule has 1 aromatic heterocycles. The normalized spacial score (nSPS) is 12.3. The van der Waals surface area contributed by atoms with Gasteiger partial charge in [0.1, 0.15) is 5.75 Å². The summed E-state index contributed by atoms with van der Waals surface area (Å²) in [7, 11) is 3.31. The van der Waals surface area contributed by atoms with Crippen LogP contribution < -0.4 is 10.5 Å². The first-order valence-corrected chi connectivity index (χ1v) is 7.90. The summed E-state index contributed by atoms with van der Waals surface area (Å²) in [4.78, 5) is 4.13. The van der Waals surface area contributed by atoms with Gasteiger partial charge < -0.3 is 15.2 Å². The van der Waals surface area contributed by atoms with Crippen molar-refractivity contribution in [1.82, 2.24) is 0 Å². The van der Waals surface area contributed by atoms with E-state index in [1.54, 1.807) is 31.6 Å². The maximum Gasteiger partial charge on any atom is 0.210 e. The second-order valence-corrected chi connectivity index (χ2v) is 5.37. The Morgan fingerprint density at radius 1 is 1.32 bits per heavy atom. The molecule has 2 aromatic rings. The number of nitrogens with zero attached hydrogens (tertiary/aromatic N) is 1. The van der Waals surface area contributed by atoms with E-state index in [9.17, 15) is 0 Å². The van der Waals surface area contributed by atoms with Crippen molar-refractivity contribution in [2.45, 2.75) is 6.42 Å². The number of thiophene rings is 1. The molecule has 116 valence electrons. The first kappa shape index (κ1) is 16.1. The summed E-state index contributed by atoms with van der Waals surface area (Å²) in [5, 5.41) is 4.18. The van der Waals surface area contributed by atoms with Crippen molar-refractivity contribution < 1.29 is 9.47 Å². The van der Waals surface area contributed by atoms with Crippen LogP contribution in [0.25, 0.3) is 5.70 Å². The average molecular weight is 316 g/mol. The number of aliphatic imine (C=N–C) groups is 1. The lowest BCUT2D eigenvalue weighted by molar-refractivity contribution is 0.311. The quantitative estimate of drug-likeness (QED) is 0.657. The van der Waals surface area contributed by atoms with Crippen LogP contribution in [0.5, 0.6) is 5.75 Å². The van der Waals surface area contributed by atoms with E-state index in [0.29, 0.717) is 18.2 Å². The molecule has 0 radical (unpaired) electrons. The monoisotopic (exact) mass is 316 g/mol. The van der Waals surface area contributed by atoms with E-state index in [2.05, 4.69) is 21.8 Å². The summed E-state index contributed by atoms with van der Waals surface area (Å²) in [6.07, 6.45) is 2.58. The van der Waals surface area contributed by atoms with E-state index >= 15 is 0 Å². The molecule has 2 rings (SSSR count). The maximum atomic E-state index is 6.14. The Labute approximate surface area is 134 Å². The van der Waals surface area contributed by atoms with Gasteiger partial charge in [0.2, 0.25) is 5.90 Å². The highest BCUT2D eigenvalue weighted by Gasteiger charge is 2.06. The van der Waals surface area contributed by atoms with Gasteiger partial charge in [0.15, 0.2) is 0 Å². The number of hydrogen-bond donors (Lipinski definition) is 1. The van der Waals surface area contributed by atoms with Crippen LogP contribution >= 0.6 is 11.3 Å². The molecule has 5 heteroatoms. The zero-order chi connectivity index (χ0) is 15.8. The number of para-hydroxylation sites is 1. The largest absolute Gasteiger partial charge is 0.496 e. The summed E-state index contributed by atoms with van der Waals surface area (Å²) in [6, 6.07) is 9.69. The molecule has 0 spiro atoms. The number of rotatable bonds is 6. The van der Waals surface area contributed by atoms with Gasteiger partial charge in [-0.25, -0.2) is 0 Å². The van der Waals surface area contributed by atoms with Crippen LogP contribution in [0.2, 0.25) is 0 Å². The van der Waals surface area contributed by atoms with Crippen LogP contribution in [0, 0.1) is 0 Å². The van der Waals surface area contributed by atoms with Crippen molar-refractivity contribution in [3.05, 3.63) is 58.3 Å². The molecule has 22 heavy (non-hydrogen) atoms. The molecular formula is C17H20N2O2S. The van der Waals surface area contributed by atoms with Gasteiger partial charge in [-0.15, -0.1) is 0 Å². The third-order valence-corrected chi connectivity index (χ3v) is 3.87. The lowest BCUT2D eigenvalue weighted by Crippen LogP contribution is -2.09. The number of nitrogens with two attached hydrogens (primary N) is 1. The lowest BCUT2D eigenvalue weighted by atomic mass is 10.1. The standard InChI is InChI=1S/C17H20N2O2S/c1-19-17(21-9-7-13-8-10-22-12-13)11-15(18)14-5-3-4-6-16(14)20-2/h3-6,8,10-12H,7,9,18H2,1-2H3/b15-11-,19-17?. The minimum Gasteiger partial charge on any atom is -0.496 e. The van der Waals surface area contributed by atoms with E-state index in [4.69, 9.17) is 15.2 Å². The van der Waals surface area contributed by atoms with Crippen LogP contribution in [0.1, 0.15) is 11.1 Å². The summed E-state index contributed by atoms with van der Waals surface area (Å²) in [6.45, 7) is 0.569. The fraction of sp³-hybridized carbons (Fsp3) is 0.235. The van der Waals surface area contributed by atoms with Crippen LogP contribution in [0.3, 0.4) is 0 Å². The van der Waals surface area contributed by atoms with Gasteiger partial charge in [0.25, 0.3) is 0 Å². The Bertz CT molecular complexity index is 648.